The molecule has 0 spiro atoms. The van der Waals surface area contributed by atoms with Gasteiger partial charge in [0.2, 0.25) is 5.78 Å². The van der Waals surface area contributed by atoms with Gasteiger partial charge in [-0.1, -0.05) is 18.2 Å². The minimum Gasteiger partial charge on any atom is -0.478 e. The second-order valence-electron chi connectivity index (χ2n) is 6.60. The van der Waals surface area contributed by atoms with Gasteiger partial charge < -0.3 is 14.0 Å². The summed E-state index contributed by atoms with van der Waals surface area (Å²) in [6.07, 6.45) is 0. The number of Topliss-reactive ketones (excluding diaryl/α,β-unsaturated/α-hetero) is 1. The van der Waals surface area contributed by atoms with Gasteiger partial charge in [0.05, 0.1) is 17.6 Å². The third kappa shape index (κ3) is 4.07. The Morgan fingerprint density at radius 1 is 1.07 bits per heavy atom. The first-order valence-electron chi connectivity index (χ1n) is 9.10. The van der Waals surface area contributed by atoms with Gasteiger partial charge in [-0.05, 0) is 44.2 Å². The first kappa shape index (κ1) is 20.8. The van der Waals surface area contributed by atoms with Crippen molar-refractivity contribution in [2.24, 2.45) is 0 Å². The standard InChI is InChI=1S/C22H20N2O6/c1-14-11-18(15(2)23(14)17-7-5-4-6-8-17)20(25)13-30-21-10-9-16(22(26)29-3)12-19(21)24(27)28/h4-12H,13H2,1-3H3. The Bertz CT molecular complexity index is 1120. The number of hydrogen-bond acceptors (Lipinski definition) is 6. The minimum atomic E-state index is -0.700. The van der Waals surface area contributed by atoms with E-state index in [-0.39, 0.29) is 23.7 Å². The van der Waals surface area contributed by atoms with Crippen LogP contribution in [0.3, 0.4) is 0 Å². The number of nitro groups is 1. The van der Waals surface area contributed by atoms with Crippen LogP contribution in [0, 0.1) is 24.0 Å². The summed E-state index contributed by atoms with van der Waals surface area (Å²) in [4.78, 5) is 35.0. The number of para-hydroxylation sites is 1. The number of aryl methyl sites for hydroxylation is 1. The van der Waals surface area contributed by atoms with Crippen molar-refractivity contribution in [1.29, 1.82) is 0 Å². The van der Waals surface area contributed by atoms with Crippen LogP contribution < -0.4 is 4.74 Å². The lowest BCUT2D eigenvalue weighted by Gasteiger charge is -2.10. The van der Waals surface area contributed by atoms with Gasteiger partial charge in [-0.2, -0.15) is 0 Å². The maximum Gasteiger partial charge on any atom is 0.338 e. The van der Waals surface area contributed by atoms with E-state index in [9.17, 15) is 19.7 Å². The van der Waals surface area contributed by atoms with Crippen molar-refractivity contribution in [1.82, 2.24) is 4.57 Å². The van der Waals surface area contributed by atoms with Gasteiger partial charge in [0, 0.05) is 28.7 Å². The lowest BCUT2D eigenvalue weighted by atomic mass is 10.1. The van der Waals surface area contributed by atoms with E-state index in [1.807, 2.05) is 48.7 Å². The number of rotatable bonds is 7. The molecule has 8 nitrogen and oxygen atoms in total. The van der Waals surface area contributed by atoms with Gasteiger partial charge in [0.25, 0.3) is 0 Å². The van der Waals surface area contributed by atoms with Gasteiger partial charge in [-0.25, -0.2) is 4.79 Å². The number of nitrogens with zero attached hydrogens (tertiary/aromatic N) is 2. The van der Waals surface area contributed by atoms with Crippen molar-refractivity contribution in [3.05, 3.63) is 87.2 Å². The summed E-state index contributed by atoms with van der Waals surface area (Å²) in [5, 5.41) is 11.3. The van der Waals surface area contributed by atoms with Crippen LogP contribution in [0.2, 0.25) is 0 Å². The van der Waals surface area contributed by atoms with Crippen LogP contribution in [0.5, 0.6) is 5.75 Å². The summed E-state index contributed by atoms with van der Waals surface area (Å²) >= 11 is 0. The summed E-state index contributed by atoms with van der Waals surface area (Å²) in [6.45, 7) is 3.35. The Balaban J connectivity index is 1.83. The van der Waals surface area contributed by atoms with E-state index in [1.165, 1.54) is 19.2 Å². The number of ketones is 1. The second-order valence-corrected chi connectivity index (χ2v) is 6.60. The van der Waals surface area contributed by atoms with Crippen molar-refractivity contribution in [3.63, 3.8) is 0 Å². The van der Waals surface area contributed by atoms with E-state index in [0.29, 0.717) is 5.56 Å². The second kappa shape index (κ2) is 8.60. The Kier molecular flexibility index (Phi) is 5.96. The fourth-order valence-corrected chi connectivity index (χ4v) is 3.27. The molecule has 2 aromatic carbocycles. The molecule has 0 aliphatic heterocycles. The highest BCUT2D eigenvalue weighted by atomic mass is 16.6. The Morgan fingerprint density at radius 3 is 2.40 bits per heavy atom. The average molecular weight is 408 g/mol. The predicted octanol–water partition coefficient (Wildman–Crippen LogP) is 4.05. The van der Waals surface area contributed by atoms with Crippen LogP contribution >= 0.6 is 0 Å². The van der Waals surface area contributed by atoms with Gasteiger partial charge in [0.15, 0.2) is 12.4 Å². The monoisotopic (exact) mass is 408 g/mol. The van der Waals surface area contributed by atoms with E-state index in [2.05, 4.69) is 4.74 Å². The first-order valence-corrected chi connectivity index (χ1v) is 9.10. The third-order valence-electron chi connectivity index (χ3n) is 4.68. The summed E-state index contributed by atoms with van der Waals surface area (Å²) in [5.41, 5.74) is 2.65. The van der Waals surface area contributed by atoms with E-state index < -0.39 is 16.6 Å². The molecule has 154 valence electrons. The van der Waals surface area contributed by atoms with Gasteiger partial charge in [0.1, 0.15) is 0 Å². The normalized spacial score (nSPS) is 10.5. The molecule has 0 aliphatic rings. The number of nitro benzene ring substituents is 1. The van der Waals surface area contributed by atoms with Crippen molar-refractivity contribution in [2.75, 3.05) is 13.7 Å². The molecule has 0 radical (unpaired) electrons. The molecule has 0 fully saturated rings. The van der Waals surface area contributed by atoms with Crippen LogP contribution in [0.4, 0.5) is 5.69 Å². The van der Waals surface area contributed by atoms with E-state index in [4.69, 9.17) is 4.74 Å². The zero-order valence-electron chi connectivity index (χ0n) is 16.7. The maximum atomic E-state index is 12.8. The molecule has 0 unspecified atom stereocenters. The molecule has 1 aromatic heterocycles. The number of aromatic nitrogens is 1. The number of carbonyl (C=O) groups excluding carboxylic acids is 2. The molecule has 0 N–H and O–H groups in total. The molecule has 0 amide bonds. The van der Waals surface area contributed by atoms with Crippen LogP contribution in [0.15, 0.2) is 54.6 Å². The lowest BCUT2D eigenvalue weighted by molar-refractivity contribution is -0.385. The summed E-state index contributed by atoms with van der Waals surface area (Å²) in [7, 11) is 1.18. The number of hydrogen-bond donors (Lipinski definition) is 0. The Labute approximate surface area is 172 Å². The quantitative estimate of drug-likeness (QED) is 0.253. The predicted molar refractivity (Wildman–Crippen MR) is 110 cm³/mol. The topological polar surface area (TPSA) is 101 Å². The van der Waals surface area contributed by atoms with E-state index in [1.54, 1.807) is 6.07 Å². The van der Waals surface area contributed by atoms with Crippen molar-refractivity contribution in [3.8, 4) is 11.4 Å². The maximum absolute atomic E-state index is 12.8. The van der Waals surface area contributed by atoms with Crippen LogP contribution in [-0.4, -0.2) is 35.0 Å². The molecule has 3 aromatic rings. The molecular weight excluding hydrogens is 388 g/mol. The molecule has 0 saturated heterocycles. The minimum absolute atomic E-state index is 0.0225. The molecule has 0 bridgehead atoms. The van der Waals surface area contributed by atoms with Gasteiger partial charge >= 0.3 is 11.7 Å². The van der Waals surface area contributed by atoms with Crippen molar-refractivity contribution >= 4 is 17.4 Å². The molecule has 0 aliphatic carbocycles. The number of esters is 1. The SMILES string of the molecule is COC(=O)c1ccc(OCC(=O)c2cc(C)n(-c3ccccc3)c2C)c([N+](=O)[O-])c1. The third-order valence-corrected chi connectivity index (χ3v) is 4.68. The summed E-state index contributed by atoms with van der Waals surface area (Å²) in [6, 6.07) is 15.1. The molecule has 0 saturated carbocycles. The molecule has 1 heterocycles. The molecule has 0 atom stereocenters. The number of carbonyl (C=O) groups is 2. The molecule has 30 heavy (non-hydrogen) atoms. The number of benzene rings is 2. The largest absolute Gasteiger partial charge is 0.478 e. The van der Waals surface area contributed by atoms with Crippen molar-refractivity contribution < 1.29 is 24.0 Å². The number of ether oxygens (including phenoxy) is 2. The smallest absolute Gasteiger partial charge is 0.338 e. The average Bonchev–Trinajstić information content (AvgIpc) is 3.05. The van der Waals surface area contributed by atoms with Gasteiger partial charge in [-0.15, -0.1) is 0 Å². The highest BCUT2D eigenvalue weighted by molar-refractivity contribution is 5.99. The summed E-state index contributed by atoms with van der Waals surface area (Å²) < 4.78 is 12.0. The fraction of sp³-hybridized carbons (Fsp3) is 0.182. The summed E-state index contributed by atoms with van der Waals surface area (Å²) in [5.74, 6) is -1.11. The Hall–Kier alpha value is -3.94. The Morgan fingerprint density at radius 2 is 1.77 bits per heavy atom. The van der Waals surface area contributed by atoms with Crippen LogP contribution in [0.25, 0.3) is 5.69 Å². The fourth-order valence-electron chi connectivity index (χ4n) is 3.27. The van der Waals surface area contributed by atoms with E-state index in [0.717, 1.165) is 23.1 Å². The highest BCUT2D eigenvalue weighted by Crippen LogP contribution is 2.29. The zero-order valence-corrected chi connectivity index (χ0v) is 16.7. The molecule has 8 heteroatoms. The van der Waals surface area contributed by atoms with Crippen LogP contribution in [0.1, 0.15) is 32.1 Å². The number of methoxy groups -OCH3 is 1. The lowest BCUT2D eigenvalue weighted by Crippen LogP contribution is -2.13. The molecular formula is C22H20N2O6. The first-order chi connectivity index (χ1) is 14.3. The van der Waals surface area contributed by atoms with Gasteiger partial charge in [-0.3, -0.25) is 14.9 Å². The van der Waals surface area contributed by atoms with Crippen LogP contribution in [-0.2, 0) is 4.74 Å². The molecule has 3 rings (SSSR count). The highest BCUT2D eigenvalue weighted by Gasteiger charge is 2.22. The van der Waals surface area contributed by atoms with Crippen molar-refractivity contribution in [2.45, 2.75) is 13.8 Å². The zero-order chi connectivity index (χ0) is 21.8. The van der Waals surface area contributed by atoms with E-state index >= 15 is 0 Å².